The van der Waals surface area contributed by atoms with Gasteiger partial charge in [0.15, 0.2) is 0 Å². The Morgan fingerprint density at radius 3 is 2.24 bits per heavy atom. The van der Waals surface area contributed by atoms with Gasteiger partial charge in [0.25, 0.3) is 0 Å². The molecule has 1 aliphatic rings. The van der Waals surface area contributed by atoms with Crippen molar-refractivity contribution < 1.29 is 27.9 Å². The predicted octanol–water partition coefficient (Wildman–Crippen LogP) is 3.22. The van der Waals surface area contributed by atoms with Crippen molar-refractivity contribution in [2.75, 3.05) is 19.8 Å². The lowest BCUT2D eigenvalue weighted by atomic mass is 9.83. The van der Waals surface area contributed by atoms with E-state index in [-0.39, 0.29) is 42.6 Å². The van der Waals surface area contributed by atoms with Gasteiger partial charge in [-0.1, -0.05) is 12.1 Å². The maximum atomic E-state index is 13.0. The zero-order valence-electron chi connectivity index (χ0n) is 16.9. The molecule has 2 N–H and O–H groups in total. The van der Waals surface area contributed by atoms with Gasteiger partial charge in [-0.05, 0) is 45.4 Å². The Kier molecular flexibility index (Phi) is 7.63. The first-order chi connectivity index (χ1) is 13.8. The topological polar surface area (TPSA) is 121 Å². The summed E-state index contributed by atoms with van der Waals surface area (Å²) in [5.41, 5.74) is 6.78. The highest BCUT2D eigenvalue weighted by Gasteiger charge is 2.36. The van der Waals surface area contributed by atoms with E-state index in [0.29, 0.717) is 10.9 Å². The van der Waals surface area contributed by atoms with E-state index in [2.05, 4.69) is 0 Å². The third-order valence-corrected chi connectivity index (χ3v) is 6.37. The fraction of sp³-hybridized carbons (Fsp3) is 0.400. The van der Waals surface area contributed by atoms with E-state index in [9.17, 15) is 14.6 Å². The fourth-order valence-electron chi connectivity index (χ4n) is 3.06. The second-order valence-corrected chi connectivity index (χ2v) is 8.07. The molecule has 0 saturated heterocycles. The van der Waals surface area contributed by atoms with Crippen LogP contribution in [-0.4, -0.2) is 25.8 Å². The second kappa shape index (κ2) is 9.75. The molecule has 0 aromatic heterocycles. The van der Waals surface area contributed by atoms with Crippen molar-refractivity contribution in [1.82, 2.24) is 0 Å². The maximum absolute atomic E-state index is 13.0. The minimum atomic E-state index is -3.45. The molecule has 0 fully saturated rings. The van der Waals surface area contributed by atoms with E-state index in [0.717, 1.165) is 0 Å². The number of nitriles is 1. The summed E-state index contributed by atoms with van der Waals surface area (Å²) in [4.78, 5) is 12.5. The molecule has 0 saturated carbocycles. The summed E-state index contributed by atoms with van der Waals surface area (Å²) in [6, 6.07) is 8.53. The van der Waals surface area contributed by atoms with Crippen molar-refractivity contribution in [3.8, 4) is 6.07 Å². The van der Waals surface area contributed by atoms with Gasteiger partial charge in [-0.3, -0.25) is 4.57 Å². The summed E-state index contributed by atoms with van der Waals surface area (Å²) in [5, 5.41) is 9.99. The van der Waals surface area contributed by atoms with Crippen LogP contribution in [0, 0.1) is 11.3 Å². The van der Waals surface area contributed by atoms with Gasteiger partial charge in [-0.25, -0.2) is 4.79 Å². The van der Waals surface area contributed by atoms with Crippen LogP contribution in [0.2, 0.25) is 0 Å². The van der Waals surface area contributed by atoms with E-state index >= 15 is 0 Å². The number of ether oxygens (including phenoxy) is 2. The Balaban J connectivity index is 2.53. The first kappa shape index (κ1) is 22.7. The SMILES string of the molecule is CCOC(=O)C1=C(C)OC(N)=C(C#N)C1c1ccc(P(=O)(OCC)OCC)cc1. The van der Waals surface area contributed by atoms with Gasteiger partial charge in [-0.2, -0.15) is 5.26 Å². The lowest BCUT2D eigenvalue weighted by Gasteiger charge is -2.27. The highest BCUT2D eigenvalue weighted by molar-refractivity contribution is 7.62. The van der Waals surface area contributed by atoms with Crippen molar-refractivity contribution in [3.05, 3.63) is 52.6 Å². The number of hydrogen-bond donors (Lipinski definition) is 1. The number of carbonyl (C=O) groups excluding carboxylic acids is 1. The van der Waals surface area contributed by atoms with Gasteiger partial charge >= 0.3 is 13.6 Å². The zero-order valence-corrected chi connectivity index (χ0v) is 17.8. The second-order valence-electron chi connectivity index (χ2n) is 6.04. The van der Waals surface area contributed by atoms with Crippen molar-refractivity contribution in [3.63, 3.8) is 0 Å². The third kappa shape index (κ3) is 4.70. The minimum absolute atomic E-state index is 0.0681. The molecule has 0 amide bonds. The average molecular weight is 420 g/mol. The van der Waals surface area contributed by atoms with E-state index in [1.807, 2.05) is 6.07 Å². The molecule has 2 rings (SSSR count). The van der Waals surface area contributed by atoms with Gasteiger partial charge in [0, 0.05) is 0 Å². The van der Waals surface area contributed by atoms with Crippen molar-refractivity contribution in [1.29, 1.82) is 5.26 Å². The molecule has 0 bridgehead atoms. The highest BCUT2D eigenvalue weighted by atomic mass is 31.2. The number of nitrogens with two attached hydrogens (primary N) is 1. The molecule has 1 aliphatic heterocycles. The van der Waals surface area contributed by atoms with E-state index in [1.165, 1.54) is 0 Å². The molecule has 0 radical (unpaired) electrons. The molecular weight excluding hydrogens is 395 g/mol. The summed E-state index contributed by atoms with van der Waals surface area (Å²) in [7, 11) is -3.45. The Hall–Kier alpha value is -2.59. The number of rotatable bonds is 8. The molecule has 8 nitrogen and oxygen atoms in total. The Labute approximate surface area is 170 Å². The van der Waals surface area contributed by atoms with Crippen molar-refractivity contribution in [2.45, 2.75) is 33.6 Å². The molecule has 0 aliphatic carbocycles. The monoisotopic (exact) mass is 420 g/mol. The van der Waals surface area contributed by atoms with Crippen molar-refractivity contribution >= 4 is 18.9 Å². The van der Waals surface area contributed by atoms with E-state index < -0.39 is 19.5 Å². The number of benzene rings is 1. The molecular formula is C20H25N2O6P. The lowest BCUT2D eigenvalue weighted by Crippen LogP contribution is -2.25. The van der Waals surface area contributed by atoms with Crippen LogP contribution < -0.4 is 11.0 Å². The smallest absolute Gasteiger partial charge is 0.361 e. The molecule has 156 valence electrons. The summed E-state index contributed by atoms with van der Waals surface area (Å²) >= 11 is 0. The summed E-state index contributed by atoms with van der Waals surface area (Å²) in [6.45, 7) is 7.37. The van der Waals surface area contributed by atoms with Crippen LogP contribution in [0.5, 0.6) is 0 Å². The largest absolute Gasteiger partial charge is 0.463 e. The number of hydrogen-bond acceptors (Lipinski definition) is 8. The number of nitrogens with zero attached hydrogens (tertiary/aromatic N) is 1. The van der Waals surface area contributed by atoms with Gasteiger partial charge in [0.05, 0.1) is 36.6 Å². The summed E-state index contributed by atoms with van der Waals surface area (Å²) in [5.74, 6) is -1.15. The van der Waals surface area contributed by atoms with Crippen LogP contribution >= 0.6 is 7.60 Å². The fourth-order valence-corrected chi connectivity index (χ4v) is 4.63. The van der Waals surface area contributed by atoms with Crippen LogP contribution in [-0.2, 0) is 27.9 Å². The Morgan fingerprint density at radius 2 is 1.76 bits per heavy atom. The molecule has 1 aromatic carbocycles. The quantitative estimate of drug-likeness (QED) is 0.503. The van der Waals surface area contributed by atoms with Gasteiger partial charge in [-0.15, -0.1) is 0 Å². The Bertz CT molecular complexity index is 904. The normalized spacial score (nSPS) is 17.0. The van der Waals surface area contributed by atoms with Crippen LogP contribution in [0.3, 0.4) is 0 Å². The molecule has 1 aromatic rings. The molecule has 9 heteroatoms. The van der Waals surface area contributed by atoms with Gasteiger partial charge in [0.1, 0.15) is 17.4 Å². The predicted molar refractivity (Wildman–Crippen MR) is 107 cm³/mol. The Morgan fingerprint density at radius 1 is 1.17 bits per heavy atom. The molecule has 0 spiro atoms. The first-order valence-electron chi connectivity index (χ1n) is 9.27. The number of carbonyl (C=O) groups is 1. The summed E-state index contributed by atoms with van der Waals surface area (Å²) < 4.78 is 34.2. The van der Waals surface area contributed by atoms with E-state index in [1.54, 1.807) is 52.0 Å². The van der Waals surface area contributed by atoms with Gasteiger partial charge in [0.2, 0.25) is 5.88 Å². The maximum Gasteiger partial charge on any atom is 0.361 e. The van der Waals surface area contributed by atoms with Crippen LogP contribution in [0.25, 0.3) is 0 Å². The molecule has 1 heterocycles. The molecule has 1 atom stereocenters. The van der Waals surface area contributed by atoms with Crippen LogP contribution in [0.1, 0.15) is 39.2 Å². The lowest BCUT2D eigenvalue weighted by molar-refractivity contribution is -0.139. The number of esters is 1. The minimum Gasteiger partial charge on any atom is -0.463 e. The van der Waals surface area contributed by atoms with Crippen molar-refractivity contribution in [2.24, 2.45) is 5.73 Å². The standard InChI is InChI=1S/C20H25N2O6P/c1-5-25-20(23)17-13(4)28-19(22)16(12-21)18(17)14-8-10-15(11-9-14)29(24,26-6-2)27-7-3/h8-11,18H,5-7,22H2,1-4H3. The first-order valence-corrected chi connectivity index (χ1v) is 10.8. The van der Waals surface area contributed by atoms with E-state index in [4.69, 9.17) is 24.3 Å². The van der Waals surface area contributed by atoms with Crippen LogP contribution in [0.15, 0.2) is 47.1 Å². The van der Waals surface area contributed by atoms with Crippen LogP contribution in [0.4, 0.5) is 0 Å². The van der Waals surface area contributed by atoms with Gasteiger partial charge < -0.3 is 24.3 Å². The average Bonchev–Trinajstić information content (AvgIpc) is 2.68. The molecule has 1 unspecified atom stereocenters. The highest BCUT2D eigenvalue weighted by Crippen LogP contribution is 2.47. The third-order valence-electron chi connectivity index (χ3n) is 4.24. The zero-order chi connectivity index (χ0) is 21.6. The molecule has 29 heavy (non-hydrogen) atoms. The number of allylic oxidation sites excluding steroid dienone is 2. The summed E-state index contributed by atoms with van der Waals surface area (Å²) in [6.07, 6.45) is 0.